The second-order valence-corrected chi connectivity index (χ2v) is 8.01. The minimum absolute atomic E-state index is 0.0913. The SMILES string of the molecule is CCN(CC)Cc1ccc(C(=O)N2CCC(CNC(=O)c3cnn(C)c3)CC2)cc1. The first kappa shape index (κ1) is 22.0. The van der Waals surface area contributed by atoms with Crippen molar-refractivity contribution in [3.8, 4) is 0 Å². The average Bonchev–Trinajstić information content (AvgIpc) is 3.22. The largest absolute Gasteiger partial charge is 0.352 e. The maximum Gasteiger partial charge on any atom is 0.254 e. The number of hydrogen-bond acceptors (Lipinski definition) is 4. The van der Waals surface area contributed by atoms with E-state index in [0.717, 1.165) is 51.1 Å². The molecule has 0 atom stereocenters. The molecule has 7 nitrogen and oxygen atoms in total. The summed E-state index contributed by atoms with van der Waals surface area (Å²) in [6.07, 6.45) is 5.09. The first-order chi connectivity index (χ1) is 14.5. The van der Waals surface area contributed by atoms with Crippen LogP contribution in [0.2, 0.25) is 0 Å². The molecule has 1 saturated heterocycles. The van der Waals surface area contributed by atoms with Gasteiger partial charge < -0.3 is 10.2 Å². The zero-order chi connectivity index (χ0) is 21.5. The summed E-state index contributed by atoms with van der Waals surface area (Å²) in [5, 5.41) is 7.02. The fraction of sp³-hybridized carbons (Fsp3) is 0.522. The molecule has 2 aromatic rings. The van der Waals surface area contributed by atoms with E-state index in [1.807, 2.05) is 17.0 Å². The highest BCUT2D eigenvalue weighted by Gasteiger charge is 2.24. The van der Waals surface area contributed by atoms with Crippen molar-refractivity contribution >= 4 is 11.8 Å². The first-order valence-corrected chi connectivity index (χ1v) is 10.9. The number of likely N-dealkylation sites (tertiary alicyclic amines) is 1. The molecule has 30 heavy (non-hydrogen) atoms. The minimum atomic E-state index is -0.0913. The molecule has 1 aliphatic heterocycles. The summed E-state index contributed by atoms with van der Waals surface area (Å²) < 4.78 is 1.62. The third-order valence-electron chi connectivity index (χ3n) is 5.92. The van der Waals surface area contributed by atoms with Gasteiger partial charge in [0.2, 0.25) is 0 Å². The lowest BCUT2D eigenvalue weighted by Crippen LogP contribution is -2.41. The van der Waals surface area contributed by atoms with E-state index >= 15 is 0 Å². The smallest absolute Gasteiger partial charge is 0.254 e. The molecule has 162 valence electrons. The molecule has 2 heterocycles. The van der Waals surface area contributed by atoms with Crippen LogP contribution >= 0.6 is 0 Å². The molecule has 0 aliphatic carbocycles. The van der Waals surface area contributed by atoms with E-state index in [1.54, 1.807) is 24.1 Å². The topological polar surface area (TPSA) is 70.5 Å². The fourth-order valence-electron chi connectivity index (χ4n) is 3.86. The summed E-state index contributed by atoms with van der Waals surface area (Å²) in [6, 6.07) is 8.02. The van der Waals surface area contributed by atoms with Crippen molar-refractivity contribution in [1.29, 1.82) is 0 Å². The number of nitrogens with zero attached hydrogens (tertiary/aromatic N) is 4. The van der Waals surface area contributed by atoms with Gasteiger partial charge in [-0.15, -0.1) is 0 Å². The lowest BCUT2D eigenvalue weighted by molar-refractivity contribution is 0.0684. The Morgan fingerprint density at radius 2 is 1.77 bits per heavy atom. The third kappa shape index (κ3) is 5.69. The van der Waals surface area contributed by atoms with Crippen molar-refractivity contribution in [3.05, 3.63) is 53.3 Å². The predicted octanol–water partition coefficient (Wildman–Crippen LogP) is 2.54. The highest BCUT2D eigenvalue weighted by Crippen LogP contribution is 2.19. The van der Waals surface area contributed by atoms with Crippen LogP contribution in [0.15, 0.2) is 36.7 Å². The van der Waals surface area contributed by atoms with Crippen LogP contribution in [-0.2, 0) is 13.6 Å². The second-order valence-electron chi connectivity index (χ2n) is 8.01. The third-order valence-corrected chi connectivity index (χ3v) is 5.92. The first-order valence-electron chi connectivity index (χ1n) is 10.9. The molecule has 1 aromatic carbocycles. The summed E-state index contributed by atoms with van der Waals surface area (Å²) in [5.74, 6) is 0.403. The Hall–Kier alpha value is -2.67. The van der Waals surface area contributed by atoms with Crippen LogP contribution in [0, 0.1) is 5.92 Å². The second kappa shape index (κ2) is 10.4. The van der Waals surface area contributed by atoms with E-state index in [9.17, 15) is 9.59 Å². The van der Waals surface area contributed by atoms with Gasteiger partial charge in [0, 0.05) is 45.0 Å². The monoisotopic (exact) mass is 411 g/mol. The molecule has 1 N–H and O–H groups in total. The maximum atomic E-state index is 12.8. The molecular weight excluding hydrogens is 378 g/mol. The number of nitrogens with one attached hydrogen (secondary N) is 1. The number of aromatic nitrogens is 2. The van der Waals surface area contributed by atoms with Gasteiger partial charge >= 0.3 is 0 Å². The van der Waals surface area contributed by atoms with Gasteiger partial charge in [-0.2, -0.15) is 5.10 Å². The van der Waals surface area contributed by atoms with E-state index in [2.05, 4.69) is 41.3 Å². The molecule has 3 rings (SSSR count). The lowest BCUT2D eigenvalue weighted by Gasteiger charge is -2.32. The van der Waals surface area contributed by atoms with Crippen molar-refractivity contribution in [3.63, 3.8) is 0 Å². The van der Waals surface area contributed by atoms with E-state index < -0.39 is 0 Å². The fourth-order valence-corrected chi connectivity index (χ4v) is 3.86. The predicted molar refractivity (Wildman–Crippen MR) is 117 cm³/mol. The van der Waals surface area contributed by atoms with Gasteiger partial charge in [-0.3, -0.25) is 19.2 Å². The Kier molecular flexibility index (Phi) is 7.63. The number of hydrogen-bond donors (Lipinski definition) is 1. The number of benzene rings is 1. The van der Waals surface area contributed by atoms with Crippen molar-refractivity contribution in [2.75, 3.05) is 32.7 Å². The van der Waals surface area contributed by atoms with Gasteiger partial charge in [0.05, 0.1) is 11.8 Å². The zero-order valence-corrected chi connectivity index (χ0v) is 18.3. The number of piperidine rings is 1. The summed E-state index contributed by atoms with van der Waals surface area (Å²) in [5.41, 5.74) is 2.56. The van der Waals surface area contributed by atoms with Gasteiger partial charge in [-0.1, -0.05) is 26.0 Å². The molecular formula is C23H33N5O2. The van der Waals surface area contributed by atoms with Gasteiger partial charge in [0.25, 0.3) is 11.8 Å². The highest BCUT2D eigenvalue weighted by atomic mass is 16.2. The molecule has 1 aromatic heterocycles. The van der Waals surface area contributed by atoms with Crippen molar-refractivity contribution in [2.45, 2.75) is 33.2 Å². The van der Waals surface area contributed by atoms with E-state index in [0.29, 0.717) is 18.0 Å². The van der Waals surface area contributed by atoms with Gasteiger partial charge in [-0.25, -0.2) is 0 Å². The summed E-state index contributed by atoms with van der Waals surface area (Å²) in [4.78, 5) is 29.3. The van der Waals surface area contributed by atoms with Crippen LogP contribution in [0.4, 0.5) is 0 Å². The molecule has 2 amide bonds. The highest BCUT2D eigenvalue weighted by molar-refractivity contribution is 5.94. The van der Waals surface area contributed by atoms with Gasteiger partial charge in [-0.05, 0) is 49.5 Å². The van der Waals surface area contributed by atoms with Gasteiger partial charge in [0.1, 0.15) is 0 Å². The number of amides is 2. The molecule has 0 unspecified atom stereocenters. The lowest BCUT2D eigenvalue weighted by atomic mass is 9.96. The molecule has 0 spiro atoms. The van der Waals surface area contributed by atoms with Crippen LogP contribution in [0.25, 0.3) is 0 Å². The van der Waals surface area contributed by atoms with Crippen molar-refractivity contribution in [1.82, 2.24) is 24.9 Å². The van der Waals surface area contributed by atoms with Crippen LogP contribution in [0.3, 0.4) is 0 Å². The zero-order valence-electron chi connectivity index (χ0n) is 18.3. The molecule has 7 heteroatoms. The molecule has 1 aliphatic rings. The normalized spacial score (nSPS) is 14.9. The maximum absolute atomic E-state index is 12.8. The van der Waals surface area contributed by atoms with Gasteiger partial charge in [0.15, 0.2) is 0 Å². The van der Waals surface area contributed by atoms with Crippen molar-refractivity contribution in [2.24, 2.45) is 13.0 Å². The summed E-state index contributed by atoms with van der Waals surface area (Å²) >= 11 is 0. The quantitative estimate of drug-likeness (QED) is 0.725. The van der Waals surface area contributed by atoms with Crippen LogP contribution in [0.1, 0.15) is 53.0 Å². The van der Waals surface area contributed by atoms with Crippen LogP contribution < -0.4 is 5.32 Å². The molecule has 0 bridgehead atoms. The van der Waals surface area contributed by atoms with E-state index in [4.69, 9.17) is 0 Å². The minimum Gasteiger partial charge on any atom is -0.352 e. The standard InChI is InChI=1S/C23H33N5O2/c1-4-27(5-2)16-19-6-8-20(9-7-19)23(30)28-12-10-18(11-13-28)14-24-22(29)21-15-25-26(3)17-21/h6-9,15,17-18H,4-5,10-14,16H2,1-3H3,(H,24,29). The molecule has 1 fully saturated rings. The Bertz CT molecular complexity index is 834. The number of rotatable bonds is 8. The Labute approximate surface area is 179 Å². The van der Waals surface area contributed by atoms with E-state index in [-0.39, 0.29) is 11.8 Å². The Balaban J connectivity index is 1.45. The average molecular weight is 412 g/mol. The van der Waals surface area contributed by atoms with E-state index in [1.165, 1.54) is 5.56 Å². The van der Waals surface area contributed by atoms with Crippen LogP contribution in [0.5, 0.6) is 0 Å². The molecule has 0 radical (unpaired) electrons. The van der Waals surface area contributed by atoms with Crippen LogP contribution in [-0.4, -0.2) is 64.1 Å². The summed E-state index contributed by atoms with van der Waals surface area (Å²) in [7, 11) is 1.79. The number of carbonyl (C=O) groups is 2. The Morgan fingerprint density at radius 1 is 1.10 bits per heavy atom. The Morgan fingerprint density at radius 3 is 2.33 bits per heavy atom. The number of aryl methyl sites for hydroxylation is 1. The van der Waals surface area contributed by atoms with Crippen molar-refractivity contribution < 1.29 is 9.59 Å². The number of carbonyl (C=O) groups excluding carboxylic acids is 2. The summed E-state index contributed by atoms with van der Waals surface area (Å²) in [6.45, 7) is 9.38. The molecule has 0 saturated carbocycles.